The van der Waals surface area contributed by atoms with Gasteiger partial charge in [-0.05, 0) is 17.7 Å². The number of halogens is 1. The standard InChI is InChI=1S/C12H14ClN7/c13-9-5-17-20(7-9)6-8-2-1-3-10(4-8)18-12(16)19-11(14)15/h1-5,7H,6H2,(H6,14,15,16,18,19). The fraction of sp³-hybridized carbons (Fsp3) is 0.0833. The quantitative estimate of drug-likeness (QED) is 0.572. The van der Waals surface area contributed by atoms with Crippen LogP contribution in [0.5, 0.6) is 0 Å². The first-order valence-electron chi connectivity index (χ1n) is 5.73. The maximum atomic E-state index is 5.82. The van der Waals surface area contributed by atoms with Crippen LogP contribution in [-0.4, -0.2) is 21.7 Å². The molecular weight excluding hydrogens is 278 g/mol. The summed E-state index contributed by atoms with van der Waals surface area (Å²) >= 11 is 5.82. The lowest BCUT2D eigenvalue weighted by molar-refractivity contribution is 0.687. The predicted molar refractivity (Wildman–Crippen MR) is 79.9 cm³/mol. The molecule has 0 aliphatic carbocycles. The Morgan fingerprint density at radius 1 is 1.30 bits per heavy atom. The molecule has 1 heterocycles. The Morgan fingerprint density at radius 2 is 2.10 bits per heavy atom. The van der Waals surface area contributed by atoms with Crippen LogP contribution in [0.15, 0.2) is 46.6 Å². The van der Waals surface area contributed by atoms with E-state index >= 15 is 0 Å². The zero-order valence-electron chi connectivity index (χ0n) is 10.6. The van der Waals surface area contributed by atoms with Crippen molar-refractivity contribution in [3.8, 4) is 0 Å². The van der Waals surface area contributed by atoms with E-state index in [0.29, 0.717) is 17.3 Å². The van der Waals surface area contributed by atoms with E-state index in [1.165, 1.54) is 0 Å². The number of aromatic nitrogens is 2. The molecule has 0 aliphatic rings. The first-order chi connectivity index (χ1) is 9.52. The molecule has 20 heavy (non-hydrogen) atoms. The van der Waals surface area contributed by atoms with Gasteiger partial charge in [0.05, 0.1) is 23.5 Å². The van der Waals surface area contributed by atoms with Gasteiger partial charge in [0, 0.05) is 6.20 Å². The van der Waals surface area contributed by atoms with E-state index in [0.717, 1.165) is 5.56 Å². The van der Waals surface area contributed by atoms with E-state index in [-0.39, 0.29) is 11.9 Å². The topological polar surface area (TPSA) is 121 Å². The molecule has 0 fully saturated rings. The second-order valence-corrected chi connectivity index (χ2v) is 4.47. The van der Waals surface area contributed by atoms with Gasteiger partial charge in [0.25, 0.3) is 0 Å². The third kappa shape index (κ3) is 3.99. The van der Waals surface area contributed by atoms with E-state index in [4.69, 9.17) is 28.8 Å². The summed E-state index contributed by atoms with van der Waals surface area (Å²) in [6.45, 7) is 0.582. The molecule has 2 aromatic rings. The van der Waals surface area contributed by atoms with Crippen molar-refractivity contribution in [1.29, 1.82) is 0 Å². The third-order valence-electron chi connectivity index (χ3n) is 2.34. The Hall–Kier alpha value is -2.54. The van der Waals surface area contributed by atoms with Gasteiger partial charge < -0.3 is 17.2 Å². The van der Waals surface area contributed by atoms with Gasteiger partial charge in [0.1, 0.15) is 0 Å². The van der Waals surface area contributed by atoms with Gasteiger partial charge in [-0.25, -0.2) is 4.99 Å². The molecule has 0 radical (unpaired) electrons. The highest BCUT2D eigenvalue weighted by atomic mass is 35.5. The van der Waals surface area contributed by atoms with Gasteiger partial charge >= 0.3 is 0 Å². The lowest BCUT2D eigenvalue weighted by Crippen LogP contribution is -2.26. The minimum atomic E-state index is -0.131. The molecule has 0 atom stereocenters. The van der Waals surface area contributed by atoms with Crippen molar-refractivity contribution >= 4 is 29.2 Å². The van der Waals surface area contributed by atoms with Crippen LogP contribution in [0.1, 0.15) is 5.56 Å². The lowest BCUT2D eigenvalue weighted by Gasteiger charge is -2.03. The van der Waals surface area contributed by atoms with Crippen molar-refractivity contribution in [2.24, 2.45) is 27.2 Å². The van der Waals surface area contributed by atoms with Gasteiger partial charge in [-0.15, -0.1) is 0 Å². The summed E-state index contributed by atoms with van der Waals surface area (Å²) in [7, 11) is 0. The number of hydrogen-bond acceptors (Lipinski definition) is 2. The zero-order chi connectivity index (χ0) is 14.5. The van der Waals surface area contributed by atoms with E-state index in [9.17, 15) is 0 Å². The molecule has 1 aromatic carbocycles. The molecule has 8 heteroatoms. The fourth-order valence-corrected chi connectivity index (χ4v) is 1.78. The van der Waals surface area contributed by atoms with Gasteiger partial charge in [-0.1, -0.05) is 23.7 Å². The fourth-order valence-electron chi connectivity index (χ4n) is 1.63. The highest BCUT2D eigenvalue weighted by Gasteiger charge is 2.00. The van der Waals surface area contributed by atoms with Crippen LogP contribution in [0, 0.1) is 0 Å². The highest BCUT2D eigenvalue weighted by molar-refractivity contribution is 6.30. The summed E-state index contributed by atoms with van der Waals surface area (Å²) in [5.74, 6) is -0.127. The second kappa shape index (κ2) is 6.07. The Kier molecular flexibility index (Phi) is 4.21. The Labute approximate surface area is 120 Å². The minimum Gasteiger partial charge on any atom is -0.370 e. The number of rotatable bonds is 3. The Morgan fingerprint density at radius 3 is 2.75 bits per heavy atom. The van der Waals surface area contributed by atoms with E-state index in [1.54, 1.807) is 23.1 Å². The SMILES string of the molecule is NC(N)=NC(N)=Nc1cccc(Cn2cc(Cl)cn2)c1. The van der Waals surface area contributed by atoms with Gasteiger partial charge in [-0.2, -0.15) is 10.1 Å². The molecule has 0 saturated carbocycles. The summed E-state index contributed by atoms with van der Waals surface area (Å²) in [6.07, 6.45) is 3.32. The highest BCUT2D eigenvalue weighted by Crippen LogP contribution is 2.15. The average Bonchev–Trinajstić information content (AvgIpc) is 2.74. The molecule has 0 amide bonds. The van der Waals surface area contributed by atoms with Crippen LogP contribution < -0.4 is 17.2 Å². The molecular formula is C12H14ClN7. The van der Waals surface area contributed by atoms with E-state index in [2.05, 4.69) is 15.1 Å². The number of aliphatic imine (C=N–C) groups is 2. The Bertz CT molecular complexity index is 655. The van der Waals surface area contributed by atoms with Crippen LogP contribution in [-0.2, 0) is 6.54 Å². The van der Waals surface area contributed by atoms with Crippen molar-refractivity contribution in [3.05, 3.63) is 47.2 Å². The summed E-state index contributed by atoms with van der Waals surface area (Å²) in [5.41, 5.74) is 17.7. The molecule has 104 valence electrons. The number of nitrogens with zero attached hydrogens (tertiary/aromatic N) is 4. The molecule has 2 rings (SSSR count). The van der Waals surface area contributed by atoms with Crippen LogP contribution in [0.4, 0.5) is 5.69 Å². The van der Waals surface area contributed by atoms with E-state index in [1.807, 2.05) is 18.2 Å². The molecule has 7 nitrogen and oxygen atoms in total. The normalized spacial score (nSPS) is 11.3. The monoisotopic (exact) mass is 291 g/mol. The van der Waals surface area contributed by atoms with Crippen LogP contribution in [0.25, 0.3) is 0 Å². The molecule has 1 aromatic heterocycles. The van der Waals surface area contributed by atoms with Crippen molar-refractivity contribution in [2.45, 2.75) is 6.54 Å². The summed E-state index contributed by atoms with van der Waals surface area (Å²) in [6, 6.07) is 7.48. The lowest BCUT2D eigenvalue weighted by atomic mass is 10.2. The molecule has 0 spiro atoms. The average molecular weight is 292 g/mol. The molecule has 0 bridgehead atoms. The molecule has 0 saturated heterocycles. The summed E-state index contributed by atoms with van der Waals surface area (Å²) in [5, 5.41) is 4.70. The molecule has 0 unspecified atom stereocenters. The van der Waals surface area contributed by atoms with Crippen molar-refractivity contribution in [1.82, 2.24) is 9.78 Å². The molecule has 6 N–H and O–H groups in total. The van der Waals surface area contributed by atoms with Crippen LogP contribution in [0.2, 0.25) is 5.02 Å². The van der Waals surface area contributed by atoms with Crippen LogP contribution >= 0.6 is 11.6 Å². The first-order valence-corrected chi connectivity index (χ1v) is 6.11. The smallest absolute Gasteiger partial charge is 0.223 e. The van der Waals surface area contributed by atoms with Gasteiger partial charge in [0.2, 0.25) is 5.96 Å². The Balaban J connectivity index is 2.18. The van der Waals surface area contributed by atoms with Crippen molar-refractivity contribution < 1.29 is 0 Å². The summed E-state index contributed by atoms with van der Waals surface area (Å²) < 4.78 is 1.73. The third-order valence-corrected chi connectivity index (χ3v) is 2.54. The largest absolute Gasteiger partial charge is 0.370 e. The van der Waals surface area contributed by atoms with E-state index < -0.39 is 0 Å². The first kappa shape index (κ1) is 13.9. The van der Waals surface area contributed by atoms with Crippen LogP contribution in [0.3, 0.4) is 0 Å². The maximum Gasteiger partial charge on any atom is 0.223 e. The van der Waals surface area contributed by atoms with Gasteiger partial charge in [0.15, 0.2) is 5.96 Å². The number of benzene rings is 1. The van der Waals surface area contributed by atoms with Gasteiger partial charge in [-0.3, -0.25) is 4.68 Å². The van der Waals surface area contributed by atoms with Crippen molar-refractivity contribution in [2.75, 3.05) is 0 Å². The number of hydrogen-bond donors (Lipinski definition) is 3. The van der Waals surface area contributed by atoms with Crippen molar-refractivity contribution in [3.63, 3.8) is 0 Å². The maximum absolute atomic E-state index is 5.82. The zero-order valence-corrected chi connectivity index (χ0v) is 11.3. The molecule has 0 aliphatic heterocycles. The minimum absolute atomic E-state index is 0.00397. The second-order valence-electron chi connectivity index (χ2n) is 4.03. The number of guanidine groups is 2. The predicted octanol–water partition coefficient (Wildman–Crippen LogP) is 0.804. The summed E-state index contributed by atoms with van der Waals surface area (Å²) in [4.78, 5) is 7.75. The number of nitrogens with two attached hydrogens (primary N) is 3.